The van der Waals surface area contributed by atoms with Gasteiger partial charge in [-0.1, -0.05) is 12.1 Å². The molecule has 1 heterocycles. The number of nitrogens with one attached hydrogen (secondary N) is 1. The van der Waals surface area contributed by atoms with E-state index >= 15 is 0 Å². The summed E-state index contributed by atoms with van der Waals surface area (Å²) in [6, 6.07) is 9.46. The third kappa shape index (κ3) is 4.12. The monoisotopic (exact) mass is 392 g/mol. The van der Waals surface area contributed by atoms with E-state index in [4.69, 9.17) is 4.74 Å². The number of carbonyl (C=O) groups excluding carboxylic acids is 1. The molecule has 8 heteroatoms. The van der Waals surface area contributed by atoms with Gasteiger partial charge in [0.1, 0.15) is 16.5 Å². The average molecular weight is 392 g/mol. The van der Waals surface area contributed by atoms with E-state index in [-0.39, 0.29) is 23.8 Å². The van der Waals surface area contributed by atoms with E-state index in [1.807, 2.05) is 6.92 Å². The molecule has 0 atom stereocenters. The van der Waals surface area contributed by atoms with E-state index in [0.29, 0.717) is 30.0 Å². The number of rotatable bonds is 6. The van der Waals surface area contributed by atoms with E-state index in [1.54, 1.807) is 24.3 Å². The van der Waals surface area contributed by atoms with Crippen LogP contribution in [0.25, 0.3) is 0 Å². The topological polar surface area (TPSA) is 75.7 Å². The minimum Gasteiger partial charge on any atom is -0.494 e. The van der Waals surface area contributed by atoms with Crippen molar-refractivity contribution in [2.24, 2.45) is 0 Å². The number of ether oxygens (including phenoxy) is 1. The van der Waals surface area contributed by atoms with Crippen LogP contribution >= 0.6 is 0 Å². The Morgan fingerprint density at radius 2 is 1.89 bits per heavy atom. The molecular weight excluding hydrogens is 371 g/mol. The number of hydrogen-bond donors (Lipinski definition) is 1. The van der Waals surface area contributed by atoms with Crippen LogP contribution < -0.4 is 10.1 Å². The molecule has 0 aliphatic carbocycles. The van der Waals surface area contributed by atoms with Crippen molar-refractivity contribution in [1.29, 1.82) is 0 Å². The Hall–Kier alpha value is -2.45. The van der Waals surface area contributed by atoms with Crippen LogP contribution in [0.5, 0.6) is 5.75 Å². The molecule has 1 N–H and O–H groups in total. The van der Waals surface area contributed by atoms with Crippen LogP contribution in [0.3, 0.4) is 0 Å². The third-order valence-corrected chi connectivity index (χ3v) is 6.20. The highest BCUT2D eigenvalue weighted by Crippen LogP contribution is 2.30. The molecule has 3 rings (SSSR count). The highest BCUT2D eigenvalue weighted by molar-refractivity contribution is 7.89. The maximum absolute atomic E-state index is 14.5. The summed E-state index contributed by atoms with van der Waals surface area (Å²) in [4.78, 5) is 11.0. The summed E-state index contributed by atoms with van der Waals surface area (Å²) < 4.78 is 46.6. The number of fused-ring (bicyclic) bond motifs is 1. The Balaban J connectivity index is 1.84. The van der Waals surface area contributed by atoms with Gasteiger partial charge in [0.2, 0.25) is 15.9 Å². The molecule has 1 amide bonds. The minimum absolute atomic E-state index is 0.0992. The first kappa shape index (κ1) is 19.3. The molecule has 0 unspecified atom stereocenters. The number of hydrogen-bond acceptors (Lipinski definition) is 4. The summed E-state index contributed by atoms with van der Waals surface area (Å²) in [5.41, 5.74) is 1.70. The van der Waals surface area contributed by atoms with E-state index in [9.17, 15) is 17.6 Å². The van der Waals surface area contributed by atoms with Gasteiger partial charge in [0.05, 0.1) is 6.61 Å². The molecule has 27 heavy (non-hydrogen) atoms. The highest BCUT2D eigenvalue weighted by Gasteiger charge is 2.27. The van der Waals surface area contributed by atoms with E-state index in [0.717, 1.165) is 15.9 Å². The maximum Gasteiger partial charge on any atom is 0.246 e. The third-order valence-electron chi connectivity index (χ3n) is 4.38. The van der Waals surface area contributed by atoms with Gasteiger partial charge in [0.15, 0.2) is 0 Å². The Bertz CT molecular complexity index is 958. The lowest BCUT2D eigenvalue weighted by Gasteiger charge is -2.21. The minimum atomic E-state index is -4.02. The zero-order valence-corrected chi connectivity index (χ0v) is 16.0. The largest absolute Gasteiger partial charge is 0.494 e. The standard InChI is InChI=1S/C19H21FN2O4S/c1-3-26-15-7-4-13(5-8-15)12-22(2)27(24,25)18-10-14-6-9-19(23)21-17(14)11-16(18)20/h4-5,7-8,10-11H,3,6,9,12H2,1-2H3,(H,21,23). The van der Waals surface area contributed by atoms with E-state index in [2.05, 4.69) is 5.32 Å². The number of carbonyl (C=O) groups is 1. The van der Waals surface area contributed by atoms with Crippen molar-refractivity contribution >= 4 is 21.6 Å². The van der Waals surface area contributed by atoms with Crippen LogP contribution in [-0.2, 0) is 27.8 Å². The number of aryl methyl sites for hydroxylation is 1. The fourth-order valence-electron chi connectivity index (χ4n) is 2.95. The molecule has 6 nitrogen and oxygen atoms in total. The summed E-state index contributed by atoms with van der Waals surface area (Å²) >= 11 is 0. The number of amides is 1. The Kier molecular flexibility index (Phi) is 5.48. The van der Waals surface area contributed by atoms with E-state index in [1.165, 1.54) is 13.1 Å². The zero-order valence-electron chi connectivity index (χ0n) is 15.2. The SMILES string of the molecule is CCOc1ccc(CN(C)S(=O)(=O)c2cc3c(cc2F)NC(=O)CC3)cc1. The number of anilines is 1. The first-order chi connectivity index (χ1) is 12.8. The number of halogens is 1. The molecule has 1 aliphatic heterocycles. The fourth-order valence-corrected chi connectivity index (χ4v) is 4.20. The fraction of sp³-hybridized carbons (Fsp3) is 0.316. The van der Waals surface area contributed by atoms with Crippen LogP contribution in [0, 0.1) is 5.82 Å². The van der Waals surface area contributed by atoms with Crippen LogP contribution in [0.2, 0.25) is 0 Å². The van der Waals surface area contributed by atoms with Gasteiger partial charge >= 0.3 is 0 Å². The van der Waals surface area contributed by atoms with Crippen molar-refractivity contribution in [3.8, 4) is 5.75 Å². The van der Waals surface area contributed by atoms with Crippen molar-refractivity contribution in [3.63, 3.8) is 0 Å². The van der Waals surface area contributed by atoms with Crippen LogP contribution in [0.15, 0.2) is 41.3 Å². The van der Waals surface area contributed by atoms with Crippen LogP contribution in [0.1, 0.15) is 24.5 Å². The first-order valence-corrected chi connectivity index (χ1v) is 10.1. The predicted molar refractivity (Wildman–Crippen MR) is 99.6 cm³/mol. The lowest BCUT2D eigenvalue weighted by atomic mass is 10.0. The van der Waals surface area contributed by atoms with Gasteiger partial charge in [-0.05, 0) is 48.7 Å². The normalized spacial score (nSPS) is 14.0. The van der Waals surface area contributed by atoms with Crippen LogP contribution in [-0.4, -0.2) is 32.3 Å². The first-order valence-electron chi connectivity index (χ1n) is 8.61. The molecule has 144 valence electrons. The number of sulfonamides is 1. The number of nitrogens with zero attached hydrogens (tertiary/aromatic N) is 1. The van der Waals surface area contributed by atoms with Crippen LogP contribution in [0.4, 0.5) is 10.1 Å². The molecule has 2 aromatic rings. The summed E-state index contributed by atoms with van der Waals surface area (Å²) in [5, 5.41) is 2.56. The van der Waals surface area contributed by atoms with Crippen molar-refractivity contribution in [1.82, 2.24) is 4.31 Å². The molecule has 0 saturated carbocycles. The molecule has 0 saturated heterocycles. The molecule has 0 bridgehead atoms. The molecule has 0 fully saturated rings. The van der Waals surface area contributed by atoms with Gasteiger partial charge < -0.3 is 10.1 Å². The number of benzene rings is 2. The van der Waals surface area contributed by atoms with Gasteiger partial charge in [-0.2, -0.15) is 4.31 Å². The quantitative estimate of drug-likeness (QED) is 0.820. The molecule has 1 aliphatic rings. The van der Waals surface area contributed by atoms with Crippen molar-refractivity contribution in [2.75, 3.05) is 19.0 Å². The Morgan fingerprint density at radius 1 is 1.19 bits per heavy atom. The van der Waals surface area contributed by atoms with Crippen molar-refractivity contribution in [3.05, 3.63) is 53.3 Å². The van der Waals surface area contributed by atoms with Crippen molar-refractivity contribution in [2.45, 2.75) is 31.2 Å². The Labute approximate surface area is 158 Å². The molecule has 0 spiro atoms. The highest BCUT2D eigenvalue weighted by atomic mass is 32.2. The zero-order chi connectivity index (χ0) is 19.6. The second-order valence-electron chi connectivity index (χ2n) is 6.33. The second-order valence-corrected chi connectivity index (χ2v) is 8.34. The summed E-state index contributed by atoms with van der Waals surface area (Å²) in [5.74, 6) is -0.380. The van der Waals surface area contributed by atoms with Gasteiger partial charge in [0.25, 0.3) is 0 Å². The predicted octanol–water partition coefficient (Wildman–Crippen LogP) is 2.93. The van der Waals surface area contributed by atoms with Crippen molar-refractivity contribution < 1.29 is 22.3 Å². The summed E-state index contributed by atoms with van der Waals surface area (Å²) in [7, 11) is -2.61. The van der Waals surface area contributed by atoms with Gasteiger partial charge in [0, 0.05) is 25.7 Å². The Morgan fingerprint density at radius 3 is 2.56 bits per heavy atom. The molecule has 0 radical (unpaired) electrons. The maximum atomic E-state index is 14.5. The second kappa shape index (κ2) is 7.66. The smallest absolute Gasteiger partial charge is 0.246 e. The van der Waals surface area contributed by atoms with Gasteiger partial charge in [-0.25, -0.2) is 12.8 Å². The summed E-state index contributed by atoms with van der Waals surface area (Å²) in [6.45, 7) is 2.53. The molecule has 2 aromatic carbocycles. The van der Waals surface area contributed by atoms with Gasteiger partial charge in [-0.15, -0.1) is 0 Å². The molecule has 0 aromatic heterocycles. The lowest BCUT2D eigenvalue weighted by Crippen LogP contribution is -2.28. The van der Waals surface area contributed by atoms with Gasteiger partial charge in [-0.3, -0.25) is 4.79 Å². The average Bonchev–Trinajstić information content (AvgIpc) is 2.62. The molecular formula is C19H21FN2O4S. The van der Waals surface area contributed by atoms with E-state index < -0.39 is 15.8 Å². The lowest BCUT2D eigenvalue weighted by molar-refractivity contribution is -0.116. The summed E-state index contributed by atoms with van der Waals surface area (Å²) in [6.07, 6.45) is 0.632.